The Morgan fingerprint density at radius 2 is 2.19 bits per heavy atom. The van der Waals surface area contributed by atoms with Crippen molar-refractivity contribution in [2.24, 2.45) is 10.7 Å². The Kier molecular flexibility index (Phi) is 3.52. The Hall–Kier alpha value is -2.49. The van der Waals surface area contributed by atoms with Gasteiger partial charge in [-0.3, -0.25) is 4.99 Å². The number of guanidine groups is 1. The molecule has 0 fully saturated rings. The van der Waals surface area contributed by atoms with Gasteiger partial charge in [-0.15, -0.1) is 6.58 Å². The number of fused-ring (bicyclic) bond motifs is 1. The molecule has 1 aliphatic rings. The van der Waals surface area contributed by atoms with Crippen molar-refractivity contribution >= 4 is 16.7 Å². The van der Waals surface area contributed by atoms with Crippen molar-refractivity contribution in [3.8, 4) is 5.75 Å². The molecule has 0 radical (unpaired) electrons. The third-order valence-electron chi connectivity index (χ3n) is 3.91. The Balaban J connectivity index is 2.16. The summed E-state index contributed by atoms with van der Waals surface area (Å²) in [6, 6.07) is 12.5. The van der Waals surface area contributed by atoms with Crippen LogP contribution in [0.5, 0.6) is 5.75 Å². The van der Waals surface area contributed by atoms with E-state index in [-0.39, 0.29) is 6.04 Å². The summed E-state index contributed by atoms with van der Waals surface area (Å²) in [6.45, 7) is 5.12. The van der Waals surface area contributed by atoms with Gasteiger partial charge in [0.25, 0.3) is 0 Å². The summed E-state index contributed by atoms with van der Waals surface area (Å²) in [7, 11) is 1.70. The zero-order chi connectivity index (χ0) is 14.8. The zero-order valence-corrected chi connectivity index (χ0v) is 12.1. The molecule has 0 aromatic heterocycles. The van der Waals surface area contributed by atoms with Gasteiger partial charge in [0.1, 0.15) is 5.75 Å². The molecule has 1 heterocycles. The highest BCUT2D eigenvalue weighted by Gasteiger charge is 2.30. The number of aliphatic imine (C=N–C) groups is 1. The van der Waals surface area contributed by atoms with Crippen LogP contribution in [0.15, 0.2) is 54.0 Å². The van der Waals surface area contributed by atoms with Gasteiger partial charge in [-0.05, 0) is 16.8 Å². The maximum Gasteiger partial charge on any atom is 0.192 e. The first-order valence-electron chi connectivity index (χ1n) is 6.99. The highest BCUT2D eigenvalue weighted by Crippen LogP contribution is 2.37. The van der Waals surface area contributed by atoms with E-state index >= 15 is 0 Å². The van der Waals surface area contributed by atoms with Gasteiger partial charge in [0, 0.05) is 12.1 Å². The van der Waals surface area contributed by atoms with Crippen molar-refractivity contribution in [3.63, 3.8) is 0 Å². The van der Waals surface area contributed by atoms with Crippen molar-refractivity contribution in [1.29, 1.82) is 0 Å². The fourth-order valence-corrected chi connectivity index (χ4v) is 2.93. The molecule has 2 aromatic rings. The number of hydrogen-bond acceptors (Lipinski definition) is 4. The molecule has 0 spiro atoms. The SMILES string of the molecule is C=CCN1C(N)=NCC1c1c(OC)ccc2ccccc12. The molecule has 0 saturated heterocycles. The van der Waals surface area contributed by atoms with Gasteiger partial charge in [-0.1, -0.05) is 36.4 Å². The Labute approximate surface area is 124 Å². The number of ether oxygens (including phenoxy) is 1. The van der Waals surface area contributed by atoms with Crippen LogP contribution in [0.3, 0.4) is 0 Å². The van der Waals surface area contributed by atoms with Crippen molar-refractivity contribution in [2.45, 2.75) is 6.04 Å². The zero-order valence-electron chi connectivity index (χ0n) is 12.1. The minimum Gasteiger partial charge on any atom is -0.496 e. The third-order valence-corrected chi connectivity index (χ3v) is 3.91. The lowest BCUT2D eigenvalue weighted by Gasteiger charge is -2.27. The Morgan fingerprint density at radius 1 is 1.38 bits per heavy atom. The maximum atomic E-state index is 6.02. The van der Waals surface area contributed by atoms with E-state index in [4.69, 9.17) is 10.5 Å². The minimum atomic E-state index is 0.0871. The van der Waals surface area contributed by atoms with Crippen LogP contribution in [-0.4, -0.2) is 31.1 Å². The van der Waals surface area contributed by atoms with E-state index in [2.05, 4.69) is 34.7 Å². The van der Waals surface area contributed by atoms with Crippen LogP contribution < -0.4 is 10.5 Å². The van der Waals surface area contributed by atoms with Crippen molar-refractivity contribution in [2.75, 3.05) is 20.2 Å². The first kappa shape index (κ1) is 13.5. The van der Waals surface area contributed by atoms with Crippen LogP contribution in [-0.2, 0) is 0 Å². The molecule has 2 aromatic carbocycles. The van der Waals surface area contributed by atoms with Crippen LogP contribution in [0.4, 0.5) is 0 Å². The molecule has 0 amide bonds. The number of rotatable bonds is 4. The largest absolute Gasteiger partial charge is 0.496 e. The van der Waals surface area contributed by atoms with E-state index in [0.29, 0.717) is 19.0 Å². The second kappa shape index (κ2) is 5.48. The third kappa shape index (κ3) is 2.23. The molecule has 1 aliphatic heterocycles. The quantitative estimate of drug-likeness (QED) is 0.877. The van der Waals surface area contributed by atoms with Crippen LogP contribution in [0.1, 0.15) is 11.6 Å². The maximum absolute atomic E-state index is 6.02. The molecular formula is C17H19N3O. The number of methoxy groups -OCH3 is 1. The standard InChI is InChI=1S/C17H19N3O/c1-3-10-20-14(11-19-17(20)18)16-13-7-5-4-6-12(13)8-9-15(16)21-2/h3-9,14H,1,10-11H2,2H3,(H2,18,19). The van der Waals surface area contributed by atoms with Crippen molar-refractivity contribution in [1.82, 2.24) is 4.90 Å². The van der Waals surface area contributed by atoms with Crippen LogP contribution in [0.25, 0.3) is 10.8 Å². The topological polar surface area (TPSA) is 50.8 Å². The average Bonchev–Trinajstić information content (AvgIpc) is 2.87. The monoisotopic (exact) mass is 281 g/mol. The van der Waals surface area contributed by atoms with E-state index in [0.717, 1.165) is 11.3 Å². The predicted octanol–water partition coefficient (Wildman–Crippen LogP) is 2.71. The molecule has 108 valence electrons. The normalized spacial score (nSPS) is 17.9. The lowest BCUT2D eigenvalue weighted by molar-refractivity contribution is 0.356. The predicted molar refractivity (Wildman–Crippen MR) is 86.6 cm³/mol. The summed E-state index contributed by atoms with van der Waals surface area (Å²) in [4.78, 5) is 6.46. The molecule has 21 heavy (non-hydrogen) atoms. The van der Waals surface area contributed by atoms with Gasteiger partial charge in [0.15, 0.2) is 5.96 Å². The lowest BCUT2D eigenvalue weighted by Crippen LogP contribution is -2.36. The smallest absolute Gasteiger partial charge is 0.192 e. The molecule has 2 N–H and O–H groups in total. The number of hydrogen-bond donors (Lipinski definition) is 1. The van der Waals surface area contributed by atoms with Gasteiger partial charge in [-0.25, -0.2) is 0 Å². The Morgan fingerprint density at radius 3 is 2.95 bits per heavy atom. The van der Waals surface area contributed by atoms with E-state index in [1.807, 2.05) is 24.3 Å². The summed E-state index contributed by atoms with van der Waals surface area (Å²) in [6.07, 6.45) is 1.85. The summed E-state index contributed by atoms with van der Waals surface area (Å²) < 4.78 is 5.58. The fraction of sp³-hybridized carbons (Fsp3) is 0.235. The molecular weight excluding hydrogens is 262 g/mol. The number of benzene rings is 2. The molecule has 1 unspecified atom stereocenters. The van der Waals surface area contributed by atoms with E-state index < -0.39 is 0 Å². The van der Waals surface area contributed by atoms with Crippen LogP contribution in [0, 0.1) is 0 Å². The second-order valence-corrected chi connectivity index (χ2v) is 5.06. The molecule has 3 rings (SSSR count). The van der Waals surface area contributed by atoms with Crippen molar-refractivity contribution in [3.05, 3.63) is 54.6 Å². The van der Waals surface area contributed by atoms with E-state index in [9.17, 15) is 0 Å². The molecule has 4 heteroatoms. The van der Waals surface area contributed by atoms with Gasteiger partial charge >= 0.3 is 0 Å². The molecule has 0 saturated carbocycles. The highest BCUT2D eigenvalue weighted by molar-refractivity contribution is 5.90. The van der Waals surface area contributed by atoms with Gasteiger partial charge in [0.05, 0.1) is 19.7 Å². The summed E-state index contributed by atoms with van der Waals surface area (Å²) in [5.41, 5.74) is 7.16. The van der Waals surface area contributed by atoms with Crippen LogP contribution >= 0.6 is 0 Å². The minimum absolute atomic E-state index is 0.0871. The lowest BCUT2D eigenvalue weighted by atomic mass is 9.97. The van der Waals surface area contributed by atoms with Crippen LogP contribution in [0.2, 0.25) is 0 Å². The number of nitrogens with zero attached hydrogens (tertiary/aromatic N) is 2. The van der Waals surface area contributed by atoms with Gasteiger partial charge < -0.3 is 15.4 Å². The molecule has 1 atom stereocenters. The first-order chi connectivity index (χ1) is 10.3. The van der Waals surface area contributed by atoms with Gasteiger partial charge in [0.2, 0.25) is 0 Å². The first-order valence-corrected chi connectivity index (χ1v) is 6.99. The fourth-order valence-electron chi connectivity index (χ4n) is 2.93. The summed E-state index contributed by atoms with van der Waals surface area (Å²) in [5.74, 6) is 1.44. The van der Waals surface area contributed by atoms with E-state index in [1.54, 1.807) is 7.11 Å². The Bertz CT molecular complexity index is 708. The second-order valence-electron chi connectivity index (χ2n) is 5.06. The van der Waals surface area contributed by atoms with E-state index in [1.165, 1.54) is 10.8 Å². The summed E-state index contributed by atoms with van der Waals surface area (Å²) in [5, 5.41) is 2.37. The highest BCUT2D eigenvalue weighted by atomic mass is 16.5. The average molecular weight is 281 g/mol. The number of nitrogens with two attached hydrogens (primary N) is 1. The summed E-state index contributed by atoms with van der Waals surface area (Å²) >= 11 is 0. The molecule has 0 bridgehead atoms. The molecule has 0 aliphatic carbocycles. The van der Waals surface area contributed by atoms with Crippen molar-refractivity contribution < 1.29 is 4.74 Å². The van der Waals surface area contributed by atoms with Gasteiger partial charge in [-0.2, -0.15) is 0 Å². The molecule has 4 nitrogen and oxygen atoms in total.